The molecule has 0 amide bonds. The van der Waals surface area contributed by atoms with Crippen LogP contribution in [0.15, 0.2) is 18.2 Å². The predicted molar refractivity (Wildman–Crippen MR) is 67.1 cm³/mol. The number of ether oxygens (including phenoxy) is 1. The van der Waals surface area contributed by atoms with Crippen LogP contribution < -0.4 is 4.74 Å². The average molecular weight is 285 g/mol. The van der Waals surface area contributed by atoms with Gasteiger partial charge in [0.2, 0.25) is 0 Å². The molecule has 0 aliphatic carbocycles. The minimum Gasteiger partial charge on any atom is -0.494 e. The Morgan fingerprint density at radius 2 is 2.16 bits per heavy atom. The van der Waals surface area contributed by atoms with Crippen LogP contribution in [-0.2, 0) is 7.05 Å². The lowest BCUT2D eigenvalue weighted by Gasteiger charge is -2.08. The van der Waals surface area contributed by atoms with Crippen LogP contribution in [-0.4, -0.2) is 28.0 Å². The molecular formula is C12H10ClFN2O3. The third-order valence-corrected chi connectivity index (χ3v) is 2.82. The number of hydrogen-bond acceptors (Lipinski definition) is 3. The molecule has 5 nitrogen and oxygen atoms in total. The van der Waals surface area contributed by atoms with Gasteiger partial charge < -0.3 is 9.84 Å². The van der Waals surface area contributed by atoms with Crippen molar-refractivity contribution in [3.05, 3.63) is 34.7 Å². The summed E-state index contributed by atoms with van der Waals surface area (Å²) in [5, 5.41) is 12.9. The van der Waals surface area contributed by atoms with E-state index in [4.69, 9.17) is 21.4 Å². The molecule has 1 aromatic carbocycles. The Bertz CT molecular complexity index is 655. The largest absolute Gasteiger partial charge is 0.494 e. The number of carboxylic acids is 1. The second-order valence-electron chi connectivity index (χ2n) is 3.81. The number of methoxy groups -OCH3 is 1. The molecule has 0 aliphatic heterocycles. The van der Waals surface area contributed by atoms with Gasteiger partial charge >= 0.3 is 5.97 Å². The van der Waals surface area contributed by atoms with Crippen molar-refractivity contribution in [3.63, 3.8) is 0 Å². The highest BCUT2D eigenvalue weighted by Crippen LogP contribution is 2.32. The fourth-order valence-electron chi connectivity index (χ4n) is 1.72. The third kappa shape index (κ3) is 2.39. The molecule has 19 heavy (non-hydrogen) atoms. The Hall–Kier alpha value is -2.08. The number of aromatic carboxylic acids is 1. The molecule has 7 heteroatoms. The summed E-state index contributed by atoms with van der Waals surface area (Å²) in [4.78, 5) is 10.9. The number of halogens is 2. The lowest BCUT2D eigenvalue weighted by atomic mass is 10.1. The van der Waals surface area contributed by atoms with Crippen molar-refractivity contribution in [3.8, 4) is 17.0 Å². The number of rotatable bonds is 3. The van der Waals surface area contributed by atoms with Gasteiger partial charge in [0, 0.05) is 23.7 Å². The highest BCUT2D eigenvalue weighted by Gasteiger charge is 2.18. The lowest BCUT2D eigenvalue weighted by Crippen LogP contribution is -2.00. The first-order valence-electron chi connectivity index (χ1n) is 5.24. The molecule has 0 spiro atoms. The smallest absolute Gasteiger partial charge is 0.356 e. The van der Waals surface area contributed by atoms with Crippen LogP contribution in [0.1, 0.15) is 10.5 Å². The molecule has 100 valence electrons. The van der Waals surface area contributed by atoms with E-state index in [9.17, 15) is 9.18 Å². The van der Waals surface area contributed by atoms with E-state index in [1.807, 2.05) is 0 Å². The quantitative estimate of drug-likeness (QED) is 0.941. The van der Waals surface area contributed by atoms with Crippen LogP contribution in [0.4, 0.5) is 4.39 Å². The van der Waals surface area contributed by atoms with E-state index in [1.165, 1.54) is 37.0 Å². The van der Waals surface area contributed by atoms with Crippen molar-refractivity contribution in [2.75, 3.05) is 7.11 Å². The van der Waals surface area contributed by atoms with E-state index < -0.39 is 11.8 Å². The molecular weight excluding hydrogens is 275 g/mol. The molecule has 0 saturated heterocycles. The van der Waals surface area contributed by atoms with Crippen LogP contribution in [0.3, 0.4) is 0 Å². The number of carbonyl (C=O) groups is 1. The van der Waals surface area contributed by atoms with Crippen LogP contribution in [0.25, 0.3) is 11.3 Å². The predicted octanol–water partition coefficient (Wildman–Crippen LogP) is 2.59. The molecule has 0 unspecified atom stereocenters. The standard InChI is InChI=1S/C12H10ClFN2O3/c1-16-9(5-8(15-16)12(17)18)7-3-6(13)4-10(19-2)11(7)14/h3-5H,1-2H3,(H,17,18). The van der Waals surface area contributed by atoms with E-state index in [0.29, 0.717) is 5.69 Å². The summed E-state index contributed by atoms with van der Waals surface area (Å²) in [7, 11) is 2.85. The Morgan fingerprint density at radius 3 is 2.68 bits per heavy atom. The second-order valence-corrected chi connectivity index (χ2v) is 4.25. The summed E-state index contributed by atoms with van der Waals surface area (Å²) in [6, 6.07) is 4.01. The zero-order chi connectivity index (χ0) is 14.2. The maximum absolute atomic E-state index is 14.2. The summed E-state index contributed by atoms with van der Waals surface area (Å²) in [6.45, 7) is 0. The molecule has 0 aliphatic rings. The molecule has 0 atom stereocenters. The highest BCUT2D eigenvalue weighted by atomic mass is 35.5. The molecule has 1 aromatic heterocycles. The van der Waals surface area contributed by atoms with E-state index >= 15 is 0 Å². The minimum absolute atomic E-state index is 0.0134. The molecule has 2 aromatic rings. The zero-order valence-corrected chi connectivity index (χ0v) is 10.9. The normalized spacial score (nSPS) is 10.5. The van der Waals surface area contributed by atoms with E-state index in [1.54, 1.807) is 0 Å². The molecule has 1 N–H and O–H groups in total. The Kier molecular flexibility index (Phi) is 3.44. The van der Waals surface area contributed by atoms with E-state index in [2.05, 4.69) is 5.10 Å². The summed E-state index contributed by atoms with van der Waals surface area (Å²) in [5.74, 6) is -1.82. The number of aromatic nitrogens is 2. The first-order valence-corrected chi connectivity index (χ1v) is 5.62. The molecule has 0 bridgehead atoms. The number of nitrogens with zero attached hydrogens (tertiary/aromatic N) is 2. The maximum atomic E-state index is 14.2. The van der Waals surface area contributed by atoms with Gasteiger partial charge in [-0.25, -0.2) is 9.18 Å². The Labute approximate surface area is 113 Å². The molecule has 0 fully saturated rings. The summed E-state index contributed by atoms with van der Waals surface area (Å²) >= 11 is 5.88. The van der Waals surface area contributed by atoms with Crippen molar-refractivity contribution in [1.82, 2.24) is 9.78 Å². The van der Waals surface area contributed by atoms with Gasteiger partial charge in [-0.2, -0.15) is 5.10 Å². The van der Waals surface area contributed by atoms with E-state index in [0.717, 1.165) is 0 Å². The van der Waals surface area contributed by atoms with Crippen molar-refractivity contribution < 1.29 is 19.0 Å². The summed E-state index contributed by atoms with van der Waals surface area (Å²) in [5.41, 5.74) is 0.262. The second kappa shape index (κ2) is 4.89. The topological polar surface area (TPSA) is 64.3 Å². The molecule has 2 rings (SSSR count). The van der Waals surface area contributed by atoms with Gasteiger partial charge in [0.25, 0.3) is 0 Å². The fraction of sp³-hybridized carbons (Fsp3) is 0.167. The van der Waals surface area contributed by atoms with Gasteiger partial charge in [0.1, 0.15) is 0 Å². The minimum atomic E-state index is -1.18. The summed E-state index contributed by atoms with van der Waals surface area (Å²) < 4.78 is 20.3. The first kappa shape index (κ1) is 13.4. The number of aryl methyl sites for hydroxylation is 1. The van der Waals surface area contributed by atoms with Crippen LogP contribution >= 0.6 is 11.6 Å². The Morgan fingerprint density at radius 1 is 1.47 bits per heavy atom. The van der Waals surface area contributed by atoms with Crippen molar-refractivity contribution in [2.45, 2.75) is 0 Å². The number of benzene rings is 1. The van der Waals surface area contributed by atoms with Gasteiger partial charge in [-0.3, -0.25) is 4.68 Å². The molecule has 0 saturated carbocycles. The van der Waals surface area contributed by atoms with Crippen molar-refractivity contribution >= 4 is 17.6 Å². The van der Waals surface area contributed by atoms with Crippen LogP contribution in [0.5, 0.6) is 5.75 Å². The Balaban J connectivity index is 2.65. The number of carboxylic acid groups (broad SMARTS) is 1. The maximum Gasteiger partial charge on any atom is 0.356 e. The van der Waals surface area contributed by atoms with Gasteiger partial charge in [-0.05, 0) is 12.1 Å². The van der Waals surface area contributed by atoms with Gasteiger partial charge in [0.15, 0.2) is 17.3 Å². The van der Waals surface area contributed by atoms with Crippen molar-refractivity contribution in [1.29, 1.82) is 0 Å². The third-order valence-electron chi connectivity index (χ3n) is 2.60. The first-order chi connectivity index (χ1) is 8.93. The van der Waals surface area contributed by atoms with Crippen molar-refractivity contribution in [2.24, 2.45) is 7.05 Å². The monoisotopic (exact) mass is 284 g/mol. The van der Waals surface area contributed by atoms with E-state index in [-0.39, 0.29) is 22.0 Å². The number of hydrogen-bond donors (Lipinski definition) is 1. The SMILES string of the molecule is COc1cc(Cl)cc(-c2cc(C(=O)O)nn2C)c1F. The fourth-order valence-corrected chi connectivity index (χ4v) is 1.93. The summed E-state index contributed by atoms with van der Waals surface area (Å²) in [6.07, 6.45) is 0. The lowest BCUT2D eigenvalue weighted by molar-refractivity contribution is 0.0689. The molecule has 0 radical (unpaired) electrons. The zero-order valence-electron chi connectivity index (χ0n) is 10.1. The van der Waals surface area contributed by atoms with Gasteiger partial charge in [0.05, 0.1) is 12.8 Å². The van der Waals surface area contributed by atoms with Gasteiger partial charge in [-0.1, -0.05) is 11.6 Å². The van der Waals surface area contributed by atoms with Crippen LogP contribution in [0, 0.1) is 5.82 Å². The molecule has 1 heterocycles. The average Bonchev–Trinajstić information content (AvgIpc) is 2.74. The van der Waals surface area contributed by atoms with Gasteiger partial charge in [-0.15, -0.1) is 0 Å². The highest BCUT2D eigenvalue weighted by molar-refractivity contribution is 6.31. The van der Waals surface area contributed by atoms with Crippen LogP contribution in [0.2, 0.25) is 5.02 Å².